The Bertz CT molecular complexity index is 540. The van der Waals surface area contributed by atoms with Gasteiger partial charge in [0, 0.05) is 30.6 Å². The van der Waals surface area contributed by atoms with Crippen LogP contribution < -0.4 is 5.32 Å². The maximum absolute atomic E-state index is 12.6. The highest BCUT2D eigenvalue weighted by Crippen LogP contribution is 2.34. The molecule has 2 saturated heterocycles. The molecule has 2 fully saturated rings. The number of piperidine rings is 1. The van der Waals surface area contributed by atoms with Gasteiger partial charge in [-0.3, -0.25) is 4.79 Å². The van der Waals surface area contributed by atoms with Gasteiger partial charge in [-0.1, -0.05) is 29.8 Å². The minimum Gasteiger partial charge on any atom is -0.339 e. The zero-order chi connectivity index (χ0) is 15.7. The average molecular weight is 357 g/mol. The van der Waals surface area contributed by atoms with E-state index in [2.05, 4.69) is 5.32 Å². The molecule has 5 heteroatoms. The van der Waals surface area contributed by atoms with Gasteiger partial charge in [0.25, 0.3) is 0 Å². The fourth-order valence-corrected chi connectivity index (χ4v) is 4.26. The van der Waals surface area contributed by atoms with Crippen molar-refractivity contribution in [3.8, 4) is 0 Å². The Morgan fingerprint density at radius 2 is 1.91 bits per heavy atom. The van der Waals surface area contributed by atoms with E-state index in [0.29, 0.717) is 24.4 Å². The number of fused-ring (bicyclic) bond motifs is 2. The Hall–Kier alpha value is -0.770. The average Bonchev–Trinajstić information content (AvgIpc) is 2.85. The van der Waals surface area contributed by atoms with Crippen molar-refractivity contribution in [1.29, 1.82) is 0 Å². The van der Waals surface area contributed by atoms with Crippen molar-refractivity contribution >= 4 is 29.9 Å². The smallest absolute Gasteiger partial charge is 0.223 e. The van der Waals surface area contributed by atoms with Crippen LogP contribution in [0.1, 0.15) is 50.6 Å². The van der Waals surface area contributed by atoms with Crippen molar-refractivity contribution in [3.63, 3.8) is 0 Å². The second kappa shape index (κ2) is 7.87. The molecule has 3 atom stereocenters. The lowest BCUT2D eigenvalue weighted by atomic mass is 9.89. The fourth-order valence-electron chi connectivity index (χ4n) is 3.97. The first kappa shape index (κ1) is 18.6. The molecule has 3 nitrogen and oxygen atoms in total. The largest absolute Gasteiger partial charge is 0.339 e. The number of nitrogens with zero attached hydrogens (tertiary/aromatic N) is 1. The molecule has 0 radical (unpaired) electrons. The highest BCUT2D eigenvalue weighted by molar-refractivity contribution is 6.31. The van der Waals surface area contributed by atoms with Crippen LogP contribution in [-0.2, 0) is 4.79 Å². The number of hydrogen-bond donors (Lipinski definition) is 1. The minimum absolute atomic E-state index is 0. The third kappa shape index (κ3) is 4.20. The standard InChI is InChI=1S/C18H25ClN2O.ClH/c1-12(16-5-3-4-6-17(16)19)21(2)18(22)11-13-9-14-7-8-15(10-13)20-14;/h3-6,12-15,20H,7-11H2,1-2H3;1H. The van der Waals surface area contributed by atoms with Gasteiger partial charge in [0.15, 0.2) is 0 Å². The molecule has 0 aromatic heterocycles. The van der Waals surface area contributed by atoms with Crippen molar-refractivity contribution < 1.29 is 4.79 Å². The SMILES string of the molecule is CC(c1ccccc1Cl)N(C)C(=O)CC1CC2CCC(C1)N2.Cl. The summed E-state index contributed by atoms with van der Waals surface area (Å²) in [5.41, 5.74) is 1.02. The quantitative estimate of drug-likeness (QED) is 0.876. The third-order valence-corrected chi connectivity index (χ3v) is 5.71. The maximum atomic E-state index is 12.6. The normalized spacial score (nSPS) is 27.2. The number of hydrogen-bond acceptors (Lipinski definition) is 2. The predicted octanol–water partition coefficient (Wildman–Crippen LogP) is 4.20. The minimum atomic E-state index is 0. The lowest BCUT2D eigenvalue weighted by Gasteiger charge is -2.32. The van der Waals surface area contributed by atoms with Gasteiger partial charge in [0.1, 0.15) is 0 Å². The molecule has 1 N–H and O–H groups in total. The summed E-state index contributed by atoms with van der Waals surface area (Å²) in [7, 11) is 1.89. The number of halogens is 2. The molecule has 0 aliphatic carbocycles. The van der Waals surface area contributed by atoms with E-state index in [1.165, 1.54) is 12.8 Å². The van der Waals surface area contributed by atoms with Gasteiger partial charge in [-0.15, -0.1) is 12.4 Å². The number of carbonyl (C=O) groups excluding carboxylic acids is 1. The van der Waals surface area contributed by atoms with Gasteiger partial charge in [0.2, 0.25) is 5.91 Å². The molecule has 128 valence electrons. The summed E-state index contributed by atoms with van der Waals surface area (Å²) in [6.07, 6.45) is 5.52. The van der Waals surface area contributed by atoms with Crippen LogP contribution in [0.2, 0.25) is 5.02 Å². The zero-order valence-electron chi connectivity index (χ0n) is 13.8. The van der Waals surface area contributed by atoms with E-state index in [0.717, 1.165) is 23.4 Å². The number of nitrogens with one attached hydrogen (secondary N) is 1. The molecule has 2 aliphatic rings. The molecule has 3 rings (SSSR count). The number of amides is 1. The van der Waals surface area contributed by atoms with E-state index >= 15 is 0 Å². The molecule has 23 heavy (non-hydrogen) atoms. The van der Waals surface area contributed by atoms with Crippen molar-refractivity contribution in [1.82, 2.24) is 10.2 Å². The molecule has 1 amide bonds. The number of benzene rings is 1. The van der Waals surface area contributed by atoms with Gasteiger partial charge in [0.05, 0.1) is 6.04 Å². The van der Waals surface area contributed by atoms with Crippen LogP contribution in [-0.4, -0.2) is 29.9 Å². The van der Waals surface area contributed by atoms with Crippen LogP contribution >= 0.6 is 24.0 Å². The van der Waals surface area contributed by atoms with Gasteiger partial charge in [-0.05, 0) is 50.2 Å². The van der Waals surface area contributed by atoms with Gasteiger partial charge in [-0.2, -0.15) is 0 Å². The summed E-state index contributed by atoms with van der Waals surface area (Å²) in [6.45, 7) is 2.05. The van der Waals surface area contributed by atoms with Crippen LogP contribution in [0.3, 0.4) is 0 Å². The van der Waals surface area contributed by atoms with E-state index < -0.39 is 0 Å². The van der Waals surface area contributed by atoms with E-state index in [1.807, 2.05) is 43.1 Å². The Labute approximate surface area is 150 Å². The van der Waals surface area contributed by atoms with Gasteiger partial charge < -0.3 is 10.2 Å². The molecule has 2 aliphatic heterocycles. The summed E-state index contributed by atoms with van der Waals surface area (Å²) in [5, 5.41) is 4.37. The molecule has 0 saturated carbocycles. The highest BCUT2D eigenvalue weighted by Gasteiger charge is 2.35. The second-order valence-electron chi connectivity index (χ2n) is 6.88. The Morgan fingerprint density at radius 3 is 2.52 bits per heavy atom. The lowest BCUT2D eigenvalue weighted by Crippen LogP contribution is -2.40. The van der Waals surface area contributed by atoms with Crippen molar-refractivity contribution in [3.05, 3.63) is 34.9 Å². The van der Waals surface area contributed by atoms with Crippen LogP contribution in [0, 0.1) is 5.92 Å². The molecular weight excluding hydrogens is 331 g/mol. The lowest BCUT2D eigenvalue weighted by molar-refractivity contribution is -0.133. The van der Waals surface area contributed by atoms with E-state index in [9.17, 15) is 4.79 Å². The number of carbonyl (C=O) groups is 1. The Kier molecular flexibility index (Phi) is 6.35. The van der Waals surface area contributed by atoms with Crippen LogP contribution in [0.15, 0.2) is 24.3 Å². The Balaban J connectivity index is 0.00000192. The Morgan fingerprint density at radius 1 is 1.30 bits per heavy atom. The first-order valence-electron chi connectivity index (χ1n) is 8.30. The summed E-state index contributed by atoms with van der Waals surface area (Å²) in [6, 6.07) is 9.08. The maximum Gasteiger partial charge on any atom is 0.223 e. The molecule has 2 bridgehead atoms. The first-order chi connectivity index (χ1) is 10.5. The molecule has 1 aromatic carbocycles. The van der Waals surface area contributed by atoms with Crippen molar-refractivity contribution in [2.75, 3.05) is 7.05 Å². The van der Waals surface area contributed by atoms with Crippen LogP contribution in [0.5, 0.6) is 0 Å². The summed E-state index contributed by atoms with van der Waals surface area (Å²) in [4.78, 5) is 14.5. The second-order valence-corrected chi connectivity index (χ2v) is 7.29. The summed E-state index contributed by atoms with van der Waals surface area (Å²) >= 11 is 6.26. The first-order valence-corrected chi connectivity index (χ1v) is 8.68. The van der Waals surface area contributed by atoms with E-state index in [1.54, 1.807) is 0 Å². The van der Waals surface area contributed by atoms with Crippen LogP contribution in [0.25, 0.3) is 0 Å². The van der Waals surface area contributed by atoms with E-state index in [-0.39, 0.29) is 24.4 Å². The number of rotatable bonds is 4. The highest BCUT2D eigenvalue weighted by atomic mass is 35.5. The summed E-state index contributed by atoms with van der Waals surface area (Å²) < 4.78 is 0. The molecule has 3 unspecified atom stereocenters. The topological polar surface area (TPSA) is 32.3 Å². The molecule has 2 heterocycles. The molecular formula is C18H26Cl2N2O. The third-order valence-electron chi connectivity index (χ3n) is 5.36. The van der Waals surface area contributed by atoms with Gasteiger partial charge in [-0.25, -0.2) is 0 Å². The molecule has 1 aromatic rings. The van der Waals surface area contributed by atoms with Crippen molar-refractivity contribution in [2.24, 2.45) is 5.92 Å². The predicted molar refractivity (Wildman–Crippen MR) is 97.2 cm³/mol. The monoisotopic (exact) mass is 356 g/mol. The molecule has 0 spiro atoms. The summed E-state index contributed by atoms with van der Waals surface area (Å²) in [5.74, 6) is 0.769. The van der Waals surface area contributed by atoms with E-state index in [4.69, 9.17) is 11.6 Å². The zero-order valence-corrected chi connectivity index (χ0v) is 15.4. The van der Waals surface area contributed by atoms with Crippen molar-refractivity contribution in [2.45, 2.75) is 57.2 Å². The fraction of sp³-hybridized carbons (Fsp3) is 0.611. The van der Waals surface area contributed by atoms with Gasteiger partial charge >= 0.3 is 0 Å². The van der Waals surface area contributed by atoms with Crippen LogP contribution in [0.4, 0.5) is 0 Å².